The zero-order chi connectivity index (χ0) is 11.0. The lowest BCUT2D eigenvalue weighted by molar-refractivity contribution is 0.0743. The molecule has 84 valence electrons. The Morgan fingerprint density at radius 2 is 1.57 bits per heavy atom. The van der Waals surface area contributed by atoms with E-state index in [1.807, 2.05) is 0 Å². The lowest BCUT2D eigenvalue weighted by atomic mass is 10.9. The molecule has 14 heavy (non-hydrogen) atoms. The van der Waals surface area contributed by atoms with Gasteiger partial charge in [-0.15, -0.1) is 0 Å². The summed E-state index contributed by atoms with van der Waals surface area (Å²) in [5.41, 5.74) is 0. The molecule has 0 fully saturated rings. The lowest BCUT2D eigenvalue weighted by Gasteiger charge is -2.14. The van der Waals surface area contributed by atoms with E-state index in [1.165, 1.54) is 0 Å². The maximum Gasteiger partial charge on any atom is 0.534 e. The van der Waals surface area contributed by atoms with Crippen LogP contribution in [0.1, 0.15) is 20.8 Å². The fraction of sp³-hybridized carbons (Fsp3) is 0.857. The van der Waals surface area contributed by atoms with Crippen molar-refractivity contribution in [1.29, 1.82) is 0 Å². The number of ether oxygens (including phenoxy) is 1. The molecule has 0 aliphatic rings. The highest BCUT2D eigenvalue weighted by Gasteiger charge is 2.30. The number of phosphoric ester groups is 1. The summed E-state index contributed by atoms with van der Waals surface area (Å²) >= 11 is 0. The van der Waals surface area contributed by atoms with E-state index in [0.29, 0.717) is 0 Å². The molecular weight excluding hydrogens is 211 g/mol. The maximum atomic E-state index is 11.5. The van der Waals surface area contributed by atoms with Crippen molar-refractivity contribution in [3.63, 3.8) is 0 Å². The van der Waals surface area contributed by atoms with Crippen LogP contribution in [-0.4, -0.2) is 26.0 Å². The van der Waals surface area contributed by atoms with E-state index < -0.39 is 14.0 Å². The molecule has 0 aromatic carbocycles. The van der Waals surface area contributed by atoms with Gasteiger partial charge < -0.3 is 9.26 Å². The normalized spacial score (nSPS) is 11.1. The van der Waals surface area contributed by atoms with E-state index >= 15 is 0 Å². The molecule has 0 saturated heterocycles. The zero-order valence-corrected chi connectivity index (χ0v) is 9.41. The predicted octanol–water partition coefficient (Wildman–Crippen LogP) is 2.34. The van der Waals surface area contributed by atoms with Gasteiger partial charge in [-0.05, 0) is 20.8 Å². The molecular formula is C7H15O6P. The molecule has 0 rings (SSSR count). The zero-order valence-electron chi connectivity index (χ0n) is 8.52. The molecule has 0 spiro atoms. The van der Waals surface area contributed by atoms with Crippen molar-refractivity contribution >= 4 is 14.0 Å². The fourth-order valence-electron chi connectivity index (χ4n) is 0.642. The largest absolute Gasteiger partial charge is 0.534 e. The molecule has 0 unspecified atom stereocenters. The van der Waals surface area contributed by atoms with E-state index in [0.717, 1.165) is 0 Å². The summed E-state index contributed by atoms with van der Waals surface area (Å²) in [6.45, 7) is 5.21. The fourth-order valence-corrected chi connectivity index (χ4v) is 1.69. The van der Waals surface area contributed by atoms with Crippen molar-refractivity contribution in [2.24, 2.45) is 0 Å². The maximum absolute atomic E-state index is 11.5. The van der Waals surface area contributed by atoms with Gasteiger partial charge in [0, 0.05) is 0 Å². The van der Waals surface area contributed by atoms with E-state index in [4.69, 9.17) is 9.05 Å². The summed E-state index contributed by atoms with van der Waals surface area (Å²) < 4.78 is 29.8. The number of phosphoric acid groups is 1. The van der Waals surface area contributed by atoms with Crippen molar-refractivity contribution in [3.05, 3.63) is 0 Å². The molecule has 0 radical (unpaired) electrons. The minimum Gasteiger partial charge on any atom is -0.434 e. The van der Waals surface area contributed by atoms with Crippen LogP contribution >= 0.6 is 7.82 Å². The number of hydrogen-bond donors (Lipinski definition) is 0. The third-order valence-corrected chi connectivity index (χ3v) is 2.54. The van der Waals surface area contributed by atoms with Gasteiger partial charge in [0.2, 0.25) is 0 Å². The number of carbonyl (C=O) groups excluding carboxylic acids is 1. The molecule has 0 heterocycles. The summed E-state index contributed by atoms with van der Waals surface area (Å²) in [6, 6.07) is 0. The summed E-state index contributed by atoms with van der Waals surface area (Å²) in [7, 11) is -3.78. The molecule has 0 aromatic rings. The second-order valence-electron chi connectivity index (χ2n) is 2.06. The lowest BCUT2D eigenvalue weighted by Crippen LogP contribution is -2.08. The summed E-state index contributed by atoms with van der Waals surface area (Å²) in [5, 5.41) is 0. The molecule has 7 heteroatoms. The van der Waals surface area contributed by atoms with Crippen LogP contribution in [0.2, 0.25) is 0 Å². The van der Waals surface area contributed by atoms with Crippen molar-refractivity contribution in [2.75, 3.05) is 19.8 Å². The van der Waals surface area contributed by atoms with Crippen LogP contribution < -0.4 is 0 Å². The Balaban J connectivity index is 4.21. The number of hydrogen-bond acceptors (Lipinski definition) is 6. The van der Waals surface area contributed by atoms with Gasteiger partial charge in [0.15, 0.2) is 0 Å². The molecule has 0 saturated carbocycles. The van der Waals surface area contributed by atoms with Crippen LogP contribution in [0.5, 0.6) is 0 Å². The number of carbonyl (C=O) groups is 1. The Labute approximate surface area is 83.1 Å². The third kappa shape index (κ3) is 5.21. The summed E-state index contributed by atoms with van der Waals surface area (Å²) in [6.07, 6.45) is -1.06. The van der Waals surface area contributed by atoms with Gasteiger partial charge in [-0.1, -0.05) is 0 Å². The SMILES string of the molecule is CCOC(=O)OP(=O)(OCC)OCC. The van der Waals surface area contributed by atoms with Crippen molar-refractivity contribution < 1.29 is 27.7 Å². The average molecular weight is 226 g/mol. The summed E-state index contributed by atoms with van der Waals surface area (Å²) in [4.78, 5) is 10.8. The smallest absolute Gasteiger partial charge is 0.434 e. The Hall–Kier alpha value is -0.580. The highest BCUT2D eigenvalue weighted by molar-refractivity contribution is 7.49. The predicted molar refractivity (Wildman–Crippen MR) is 49.0 cm³/mol. The monoisotopic (exact) mass is 226 g/mol. The van der Waals surface area contributed by atoms with Gasteiger partial charge in [0.1, 0.15) is 0 Å². The van der Waals surface area contributed by atoms with Crippen LogP contribution in [-0.2, 0) is 22.9 Å². The van der Waals surface area contributed by atoms with Crippen LogP contribution in [0.25, 0.3) is 0 Å². The Morgan fingerprint density at radius 3 is 1.93 bits per heavy atom. The first kappa shape index (κ1) is 13.4. The van der Waals surface area contributed by atoms with Gasteiger partial charge in [-0.25, -0.2) is 9.36 Å². The first-order valence-corrected chi connectivity index (χ1v) is 5.79. The van der Waals surface area contributed by atoms with Crippen molar-refractivity contribution in [3.8, 4) is 0 Å². The van der Waals surface area contributed by atoms with Gasteiger partial charge in [-0.2, -0.15) is 0 Å². The second-order valence-corrected chi connectivity index (χ2v) is 3.65. The first-order chi connectivity index (χ1) is 6.58. The molecule has 0 aromatic heterocycles. The molecule has 0 bridgehead atoms. The van der Waals surface area contributed by atoms with Gasteiger partial charge in [0.25, 0.3) is 0 Å². The van der Waals surface area contributed by atoms with E-state index in [9.17, 15) is 9.36 Å². The highest BCUT2D eigenvalue weighted by atomic mass is 31.2. The Morgan fingerprint density at radius 1 is 1.07 bits per heavy atom. The van der Waals surface area contributed by atoms with Crippen LogP contribution in [0.3, 0.4) is 0 Å². The van der Waals surface area contributed by atoms with E-state index in [1.54, 1.807) is 20.8 Å². The third-order valence-electron chi connectivity index (χ3n) is 1.02. The first-order valence-electron chi connectivity index (χ1n) is 4.33. The molecule has 0 aliphatic carbocycles. The topological polar surface area (TPSA) is 71.1 Å². The standard InChI is InChI=1S/C7H15O6P/c1-4-10-7(8)13-14(9,11-5-2)12-6-3/h4-6H2,1-3H3. The molecule has 6 nitrogen and oxygen atoms in total. The van der Waals surface area contributed by atoms with Gasteiger partial charge in [0.05, 0.1) is 19.8 Å². The van der Waals surface area contributed by atoms with Crippen molar-refractivity contribution in [1.82, 2.24) is 0 Å². The Kier molecular flexibility index (Phi) is 6.53. The molecule has 0 N–H and O–H groups in total. The second kappa shape index (κ2) is 6.81. The van der Waals surface area contributed by atoms with Crippen LogP contribution in [0.4, 0.5) is 4.79 Å². The van der Waals surface area contributed by atoms with Gasteiger partial charge in [-0.3, -0.25) is 9.05 Å². The minimum absolute atomic E-state index is 0.122. The molecule has 0 atom stereocenters. The quantitative estimate of drug-likeness (QED) is 0.511. The van der Waals surface area contributed by atoms with Crippen LogP contribution in [0.15, 0.2) is 0 Å². The molecule has 0 aliphatic heterocycles. The minimum atomic E-state index is -3.78. The molecule has 0 amide bonds. The van der Waals surface area contributed by atoms with Gasteiger partial charge >= 0.3 is 14.0 Å². The van der Waals surface area contributed by atoms with E-state index in [-0.39, 0.29) is 19.8 Å². The average Bonchev–Trinajstić information content (AvgIpc) is 2.04. The van der Waals surface area contributed by atoms with Crippen molar-refractivity contribution in [2.45, 2.75) is 20.8 Å². The number of rotatable bonds is 6. The highest BCUT2D eigenvalue weighted by Crippen LogP contribution is 2.49. The summed E-state index contributed by atoms with van der Waals surface area (Å²) in [5.74, 6) is 0. The Bertz CT molecular complexity index is 206. The van der Waals surface area contributed by atoms with E-state index in [2.05, 4.69) is 9.26 Å². The van der Waals surface area contributed by atoms with Crippen LogP contribution in [0, 0.1) is 0 Å².